The third-order valence-corrected chi connectivity index (χ3v) is 5.56. The van der Waals surface area contributed by atoms with E-state index in [2.05, 4.69) is 36.2 Å². The number of carbonyl (C=O) groups is 2. The van der Waals surface area contributed by atoms with Crippen LogP contribution in [0.15, 0.2) is 18.2 Å². The lowest BCUT2D eigenvalue weighted by molar-refractivity contribution is -0.117. The zero-order valence-electron chi connectivity index (χ0n) is 18.3. The molecule has 0 atom stereocenters. The topological polar surface area (TPSA) is 130 Å². The van der Waals surface area contributed by atoms with Gasteiger partial charge in [-0.3, -0.25) is 9.59 Å². The molecule has 3 aromatic rings. The number of aromatic nitrogens is 5. The Kier molecular flexibility index (Phi) is 4.91. The highest BCUT2D eigenvalue weighted by atomic mass is 19.1. The molecular weight excluding hydrogens is 429 g/mol. The molecule has 1 aliphatic heterocycles. The van der Waals surface area contributed by atoms with Crippen LogP contribution in [0, 0.1) is 18.7 Å². The van der Waals surface area contributed by atoms with E-state index in [1.54, 1.807) is 19.1 Å². The Hall–Kier alpha value is -4.09. The Labute approximate surface area is 188 Å². The minimum absolute atomic E-state index is 0.0140. The third-order valence-electron chi connectivity index (χ3n) is 5.56. The summed E-state index contributed by atoms with van der Waals surface area (Å²) in [7, 11) is 3.31. The Bertz CT molecular complexity index is 1280. The highest BCUT2D eigenvalue weighted by Gasteiger charge is 2.31. The summed E-state index contributed by atoms with van der Waals surface area (Å²) < 4.78 is 16.4. The Balaban J connectivity index is 1.58. The van der Waals surface area contributed by atoms with Crippen LogP contribution in [-0.4, -0.2) is 50.9 Å². The Morgan fingerprint density at radius 3 is 2.67 bits per heavy atom. The summed E-state index contributed by atoms with van der Waals surface area (Å²) in [5.41, 5.74) is 1.70. The maximum atomic E-state index is 14.9. The molecule has 11 nitrogen and oxygen atoms in total. The van der Waals surface area contributed by atoms with Crippen LogP contribution in [0.25, 0.3) is 5.69 Å². The first-order chi connectivity index (χ1) is 15.9. The fraction of sp³-hybridized carbons (Fsp3) is 0.333. The number of halogens is 1. The second-order valence-corrected chi connectivity index (χ2v) is 8.09. The minimum atomic E-state index is -0.455. The second kappa shape index (κ2) is 7.80. The molecule has 0 bridgehead atoms. The molecule has 2 aromatic heterocycles. The van der Waals surface area contributed by atoms with E-state index in [1.807, 2.05) is 11.9 Å². The van der Waals surface area contributed by atoms with Crippen molar-refractivity contribution in [2.45, 2.75) is 26.3 Å². The van der Waals surface area contributed by atoms with Crippen molar-refractivity contribution >= 4 is 34.7 Å². The average Bonchev–Trinajstić information content (AvgIpc) is 3.57. The van der Waals surface area contributed by atoms with Crippen LogP contribution in [0.4, 0.5) is 27.3 Å². The molecule has 170 valence electrons. The van der Waals surface area contributed by atoms with E-state index in [9.17, 15) is 14.0 Å². The Morgan fingerprint density at radius 2 is 1.94 bits per heavy atom. The van der Waals surface area contributed by atoms with Crippen LogP contribution in [-0.2, 0) is 11.3 Å². The van der Waals surface area contributed by atoms with E-state index in [0.717, 1.165) is 12.8 Å². The Morgan fingerprint density at radius 1 is 1.15 bits per heavy atom. The third kappa shape index (κ3) is 3.73. The van der Waals surface area contributed by atoms with Gasteiger partial charge in [0.1, 0.15) is 11.5 Å². The van der Waals surface area contributed by atoms with Gasteiger partial charge in [-0.2, -0.15) is 5.10 Å². The van der Waals surface area contributed by atoms with Gasteiger partial charge in [0.05, 0.1) is 23.6 Å². The lowest BCUT2D eigenvalue weighted by Gasteiger charge is -2.30. The van der Waals surface area contributed by atoms with Gasteiger partial charge < -0.3 is 20.9 Å². The van der Waals surface area contributed by atoms with Gasteiger partial charge in [-0.25, -0.2) is 14.1 Å². The van der Waals surface area contributed by atoms with Crippen molar-refractivity contribution in [1.82, 2.24) is 30.3 Å². The van der Waals surface area contributed by atoms with Gasteiger partial charge in [0.25, 0.3) is 5.91 Å². The van der Waals surface area contributed by atoms with Crippen LogP contribution in [0.5, 0.6) is 0 Å². The van der Waals surface area contributed by atoms with E-state index in [0.29, 0.717) is 35.3 Å². The number of hydrogen-bond donors (Lipinski definition) is 3. The smallest absolute Gasteiger partial charge is 0.273 e. The van der Waals surface area contributed by atoms with Gasteiger partial charge in [-0.15, -0.1) is 10.2 Å². The molecule has 2 aliphatic rings. The lowest BCUT2D eigenvalue weighted by Crippen LogP contribution is -2.28. The summed E-state index contributed by atoms with van der Waals surface area (Å²) in [6, 6.07) is 4.45. The molecule has 1 aliphatic carbocycles. The second-order valence-electron chi connectivity index (χ2n) is 8.09. The van der Waals surface area contributed by atoms with Gasteiger partial charge in [0.15, 0.2) is 23.2 Å². The molecule has 0 saturated heterocycles. The molecule has 1 fully saturated rings. The van der Waals surface area contributed by atoms with Gasteiger partial charge in [0.2, 0.25) is 5.91 Å². The summed E-state index contributed by atoms with van der Waals surface area (Å²) in [5, 5.41) is 20.8. The van der Waals surface area contributed by atoms with Crippen molar-refractivity contribution in [1.29, 1.82) is 0 Å². The lowest BCUT2D eigenvalue weighted by atomic mass is 10.1. The molecule has 0 unspecified atom stereocenters. The minimum Gasteiger partial charge on any atom is -0.364 e. The van der Waals surface area contributed by atoms with Crippen LogP contribution >= 0.6 is 0 Å². The number of anilines is 4. The molecule has 3 N–H and O–H groups in total. The van der Waals surface area contributed by atoms with Crippen molar-refractivity contribution < 1.29 is 14.0 Å². The molecule has 0 spiro atoms. The SMILES string of the molecule is CNC(=O)c1nnc(NC(=O)C2CC2)cc1Nc1ccc(F)c2c1N(C)Cc1nc(C)nn1-2. The van der Waals surface area contributed by atoms with Crippen molar-refractivity contribution in [2.24, 2.45) is 5.92 Å². The van der Waals surface area contributed by atoms with Crippen LogP contribution in [0.1, 0.15) is 35.0 Å². The summed E-state index contributed by atoms with van der Waals surface area (Å²) in [6.07, 6.45) is 1.69. The molecule has 2 amide bonds. The van der Waals surface area contributed by atoms with Crippen LogP contribution in [0.3, 0.4) is 0 Å². The van der Waals surface area contributed by atoms with Crippen molar-refractivity contribution in [3.05, 3.63) is 41.4 Å². The van der Waals surface area contributed by atoms with Crippen LogP contribution in [0.2, 0.25) is 0 Å². The summed E-state index contributed by atoms with van der Waals surface area (Å²) in [5.74, 6) is 0.338. The summed E-state index contributed by atoms with van der Waals surface area (Å²) in [6.45, 7) is 2.17. The maximum Gasteiger partial charge on any atom is 0.273 e. The zero-order valence-corrected chi connectivity index (χ0v) is 18.3. The number of carbonyl (C=O) groups excluding carboxylic acids is 2. The predicted molar refractivity (Wildman–Crippen MR) is 118 cm³/mol. The van der Waals surface area contributed by atoms with Crippen molar-refractivity contribution in [2.75, 3.05) is 29.6 Å². The van der Waals surface area contributed by atoms with Crippen LogP contribution < -0.4 is 20.9 Å². The molecule has 33 heavy (non-hydrogen) atoms. The number of benzene rings is 1. The van der Waals surface area contributed by atoms with E-state index in [-0.39, 0.29) is 29.0 Å². The molecule has 1 aromatic carbocycles. The number of nitrogens with one attached hydrogen (secondary N) is 3. The van der Waals surface area contributed by atoms with E-state index in [4.69, 9.17) is 0 Å². The quantitative estimate of drug-likeness (QED) is 0.536. The number of aryl methyl sites for hydroxylation is 1. The van der Waals surface area contributed by atoms with E-state index < -0.39 is 11.7 Å². The van der Waals surface area contributed by atoms with Gasteiger partial charge >= 0.3 is 0 Å². The number of rotatable bonds is 5. The van der Waals surface area contributed by atoms with E-state index in [1.165, 1.54) is 17.8 Å². The molecule has 12 heteroatoms. The highest BCUT2D eigenvalue weighted by Crippen LogP contribution is 2.40. The standard InChI is InChI=1S/C21H22FN9O2/c1-10-24-16-9-30(3)19-13(7-6-12(22)18(19)31(16)29-10)25-14-8-15(26-20(32)11-4-5-11)27-28-17(14)21(33)23-2/h6-8,11H,4-5,9H2,1-3H3,(H,23,33)(H2,25,26,27,32). The molecule has 3 heterocycles. The first kappa shape index (κ1) is 20.8. The monoisotopic (exact) mass is 451 g/mol. The number of hydrogen-bond acceptors (Lipinski definition) is 8. The summed E-state index contributed by atoms with van der Waals surface area (Å²) in [4.78, 5) is 30.8. The fourth-order valence-electron chi connectivity index (χ4n) is 3.83. The van der Waals surface area contributed by atoms with Gasteiger partial charge in [-0.05, 0) is 31.9 Å². The molecule has 5 rings (SSSR count). The number of fused-ring (bicyclic) bond motifs is 3. The average molecular weight is 451 g/mol. The van der Waals surface area contributed by atoms with Crippen molar-refractivity contribution in [3.8, 4) is 5.69 Å². The maximum absolute atomic E-state index is 14.9. The fourth-order valence-corrected chi connectivity index (χ4v) is 3.83. The predicted octanol–water partition coefficient (Wildman–Crippen LogP) is 1.91. The number of amides is 2. The molecule has 0 radical (unpaired) electrons. The van der Waals surface area contributed by atoms with Gasteiger partial charge in [0, 0.05) is 26.1 Å². The zero-order chi connectivity index (χ0) is 23.3. The molecular formula is C21H22FN9O2. The van der Waals surface area contributed by atoms with Crippen molar-refractivity contribution in [3.63, 3.8) is 0 Å². The molecule has 1 saturated carbocycles. The highest BCUT2D eigenvalue weighted by molar-refractivity contribution is 6.00. The largest absolute Gasteiger partial charge is 0.364 e. The normalized spacial score (nSPS) is 14.4. The summed E-state index contributed by atoms with van der Waals surface area (Å²) >= 11 is 0. The van der Waals surface area contributed by atoms with E-state index >= 15 is 0 Å². The number of nitrogens with zero attached hydrogens (tertiary/aromatic N) is 6. The van der Waals surface area contributed by atoms with Gasteiger partial charge in [-0.1, -0.05) is 0 Å². The first-order valence-electron chi connectivity index (χ1n) is 10.5. The first-order valence-corrected chi connectivity index (χ1v) is 10.5.